The molecule has 2 unspecified atom stereocenters. The highest BCUT2D eigenvalue weighted by Gasteiger charge is 2.31. The number of nitrogens with zero attached hydrogens (tertiary/aromatic N) is 3. The number of nitrogens with one attached hydrogen (secondary N) is 1. The van der Waals surface area contributed by atoms with Crippen LogP contribution in [0.4, 0.5) is 0 Å². The molecule has 1 aromatic carbocycles. The van der Waals surface area contributed by atoms with Crippen LogP contribution in [0.1, 0.15) is 84.6 Å². The van der Waals surface area contributed by atoms with Gasteiger partial charge < -0.3 is 24.3 Å². The number of aromatic carboxylic acids is 1. The van der Waals surface area contributed by atoms with Crippen LogP contribution >= 0.6 is 11.3 Å². The zero-order valence-electron chi connectivity index (χ0n) is 25.6. The van der Waals surface area contributed by atoms with Crippen molar-refractivity contribution in [1.82, 2.24) is 19.8 Å². The number of benzene rings is 1. The smallest absolute Gasteiger partial charge is 0.345 e. The van der Waals surface area contributed by atoms with Gasteiger partial charge in [-0.15, -0.1) is 11.3 Å². The van der Waals surface area contributed by atoms with Crippen molar-refractivity contribution in [3.63, 3.8) is 0 Å². The summed E-state index contributed by atoms with van der Waals surface area (Å²) >= 11 is 1.35. The van der Waals surface area contributed by atoms with Gasteiger partial charge in [0.25, 0.3) is 0 Å². The van der Waals surface area contributed by atoms with Crippen LogP contribution in [0.2, 0.25) is 0 Å². The molecular formula is C34H42N4O4S. The number of rotatable bonds is 8. The molecule has 8 nitrogen and oxygen atoms in total. The van der Waals surface area contributed by atoms with Crippen molar-refractivity contribution in [3.05, 3.63) is 52.4 Å². The van der Waals surface area contributed by atoms with Crippen molar-refractivity contribution in [1.29, 1.82) is 0 Å². The molecule has 1 aliphatic carbocycles. The molecule has 2 N–H and O–H groups in total. The average molecular weight is 603 g/mol. The van der Waals surface area contributed by atoms with Crippen LogP contribution in [0, 0.1) is 19.8 Å². The molecule has 2 atom stereocenters. The number of thiophene rings is 1. The predicted octanol–water partition coefficient (Wildman–Crippen LogP) is 7.23. The largest absolute Gasteiger partial charge is 0.477 e. The van der Waals surface area contributed by atoms with Crippen LogP contribution in [0.25, 0.3) is 32.8 Å². The fourth-order valence-corrected chi connectivity index (χ4v) is 8.28. The lowest BCUT2D eigenvalue weighted by Gasteiger charge is -2.35. The summed E-state index contributed by atoms with van der Waals surface area (Å²) in [5, 5.41) is 13.4. The second-order valence-electron chi connectivity index (χ2n) is 12.4. The number of hydrogen-bond donors (Lipinski definition) is 2. The first-order valence-corrected chi connectivity index (χ1v) is 16.4. The van der Waals surface area contributed by atoms with Crippen molar-refractivity contribution in [2.45, 2.75) is 84.2 Å². The highest BCUT2D eigenvalue weighted by molar-refractivity contribution is 7.21. The molecule has 0 spiro atoms. The van der Waals surface area contributed by atoms with E-state index in [1.54, 1.807) is 6.07 Å². The molecule has 4 aromatic rings. The zero-order chi connectivity index (χ0) is 30.2. The van der Waals surface area contributed by atoms with Gasteiger partial charge in [-0.05, 0) is 81.6 Å². The molecule has 0 radical (unpaired) electrons. The second kappa shape index (κ2) is 12.3. The third-order valence-corrected chi connectivity index (χ3v) is 10.8. The summed E-state index contributed by atoms with van der Waals surface area (Å²) in [6, 6.07) is 10.2. The number of piperidine rings is 1. The molecule has 1 amide bonds. The molecule has 0 bridgehead atoms. The molecule has 228 valence electrons. The monoisotopic (exact) mass is 602 g/mol. The molecule has 6 rings (SSSR count). The molecular weight excluding hydrogens is 560 g/mol. The van der Waals surface area contributed by atoms with Crippen LogP contribution in [0.15, 0.2) is 34.7 Å². The Balaban J connectivity index is 1.45. The number of amides is 1. The lowest BCUT2D eigenvalue weighted by atomic mass is 9.83. The van der Waals surface area contributed by atoms with Crippen LogP contribution in [-0.2, 0) is 11.3 Å². The number of fused-ring (bicyclic) bond motifs is 1. The van der Waals surface area contributed by atoms with Crippen molar-refractivity contribution >= 4 is 33.4 Å². The van der Waals surface area contributed by atoms with Gasteiger partial charge in [0.2, 0.25) is 5.91 Å². The fourth-order valence-electron chi connectivity index (χ4n) is 7.16. The first-order valence-electron chi connectivity index (χ1n) is 15.6. The predicted molar refractivity (Wildman–Crippen MR) is 171 cm³/mol. The summed E-state index contributed by atoms with van der Waals surface area (Å²) in [6.45, 7) is 8.07. The summed E-state index contributed by atoms with van der Waals surface area (Å²) in [5.41, 5.74) is 5.92. The van der Waals surface area contributed by atoms with Gasteiger partial charge in [-0.1, -0.05) is 43.5 Å². The Morgan fingerprint density at radius 3 is 2.47 bits per heavy atom. The molecule has 1 saturated heterocycles. The minimum Gasteiger partial charge on any atom is -0.477 e. The summed E-state index contributed by atoms with van der Waals surface area (Å²) in [7, 11) is 1.91. The van der Waals surface area contributed by atoms with Crippen LogP contribution in [0.5, 0.6) is 0 Å². The maximum Gasteiger partial charge on any atom is 0.345 e. The third-order valence-electron chi connectivity index (χ3n) is 9.64. The van der Waals surface area contributed by atoms with E-state index in [0.29, 0.717) is 22.6 Å². The number of carboxylic acids is 1. The highest BCUT2D eigenvalue weighted by Crippen LogP contribution is 2.47. The van der Waals surface area contributed by atoms with E-state index in [2.05, 4.69) is 46.1 Å². The minimum absolute atomic E-state index is 0.0406. The van der Waals surface area contributed by atoms with E-state index in [4.69, 9.17) is 4.42 Å². The zero-order valence-corrected chi connectivity index (χ0v) is 26.4. The van der Waals surface area contributed by atoms with Crippen LogP contribution in [0.3, 0.4) is 0 Å². The van der Waals surface area contributed by atoms with E-state index in [-0.39, 0.29) is 18.5 Å². The molecule has 43 heavy (non-hydrogen) atoms. The summed E-state index contributed by atoms with van der Waals surface area (Å²) in [6.07, 6.45) is 7.92. The standard InChI is InChI=1S/C34H42N4O4S/c1-20-32(42-22(3)36-20)25-14-12-24(13-15-25)31-30(23-9-6-5-7-10-23)33-27(17-28(43-33)34(40)41)38(31)19-29(39)37(4)21(2)26-11-8-16-35-18-26/h12-15,17,21,23,26,35H,5-11,16,18-19H2,1-4H3,(H,40,41). The maximum absolute atomic E-state index is 14.0. The SMILES string of the molecule is Cc1nc(C)c(-c2ccc(-c3c(C4CCCCC4)c4sc(C(=O)O)cc4n3CC(=O)N(C)C(C)C3CCCNC3)cc2)o1. The molecule has 2 fully saturated rings. The highest BCUT2D eigenvalue weighted by atomic mass is 32.1. The molecule has 3 aromatic heterocycles. The van der Waals surface area contributed by atoms with E-state index in [1.165, 1.54) is 23.3 Å². The number of oxazole rings is 1. The first kappa shape index (κ1) is 29.6. The van der Waals surface area contributed by atoms with E-state index < -0.39 is 5.97 Å². The van der Waals surface area contributed by atoms with Crippen LogP contribution in [-0.4, -0.2) is 57.6 Å². The van der Waals surface area contributed by atoms with E-state index in [9.17, 15) is 14.7 Å². The van der Waals surface area contributed by atoms with Gasteiger partial charge in [-0.3, -0.25) is 4.79 Å². The van der Waals surface area contributed by atoms with Gasteiger partial charge in [-0.25, -0.2) is 9.78 Å². The lowest BCUT2D eigenvalue weighted by molar-refractivity contribution is -0.133. The number of carboxylic acid groups (broad SMARTS) is 1. The van der Waals surface area contributed by atoms with Gasteiger partial charge in [0.15, 0.2) is 11.7 Å². The fraction of sp³-hybridized carbons (Fsp3) is 0.500. The van der Waals surface area contributed by atoms with Gasteiger partial charge in [0, 0.05) is 25.6 Å². The van der Waals surface area contributed by atoms with Gasteiger partial charge in [-0.2, -0.15) is 0 Å². The number of likely N-dealkylation sites (N-methyl/N-ethyl adjacent to an activating group) is 1. The molecule has 1 saturated carbocycles. The second-order valence-corrected chi connectivity index (χ2v) is 13.4. The quantitative estimate of drug-likeness (QED) is 0.221. The van der Waals surface area contributed by atoms with Gasteiger partial charge in [0.05, 0.1) is 21.6 Å². The van der Waals surface area contributed by atoms with E-state index in [1.807, 2.05) is 25.8 Å². The van der Waals surface area contributed by atoms with Crippen molar-refractivity contribution in [2.24, 2.45) is 5.92 Å². The van der Waals surface area contributed by atoms with Crippen molar-refractivity contribution in [2.75, 3.05) is 20.1 Å². The van der Waals surface area contributed by atoms with E-state index >= 15 is 0 Å². The summed E-state index contributed by atoms with van der Waals surface area (Å²) < 4.78 is 8.99. The Morgan fingerprint density at radius 1 is 1.12 bits per heavy atom. The Hall–Kier alpha value is -3.43. The third kappa shape index (κ3) is 5.77. The van der Waals surface area contributed by atoms with Gasteiger partial charge >= 0.3 is 5.97 Å². The molecule has 1 aliphatic heterocycles. The lowest BCUT2D eigenvalue weighted by Crippen LogP contribution is -2.46. The topological polar surface area (TPSA) is 101 Å². The Bertz CT molecular complexity index is 1620. The minimum atomic E-state index is -0.923. The van der Waals surface area contributed by atoms with Crippen LogP contribution < -0.4 is 5.32 Å². The average Bonchev–Trinajstić information content (AvgIpc) is 3.69. The first-order chi connectivity index (χ1) is 20.7. The number of aryl methyl sites for hydroxylation is 2. The van der Waals surface area contributed by atoms with Gasteiger partial charge in [0.1, 0.15) is 11.4 Å². The maximum atomic E-state index is 14.0. The number of carbonyl (C=O) groups excluding carboxylic acids is 1. The van der Waals surface area contributed by atoms with Crippen molar-refractivity contribution < 1.29 is 19.1 Å². The normalized spacial score (nSPS) is 18.7. The Morgan fingerprint density at radius 2 is 1.84 bits per heavy atom. The molecule has 4 heterocycles. The Labute approximate surface area is 257 Å². The number of hydrogen-bond acceptors (Lipinski definition) is 6. The number of aromatic nitrogens is 2. The summed E-state index contributed by atoms with van der Waals surface area (Å²) in [4.78, 5) is 32.8. The molecule has 2 aliphatic rings. The summed E-state index contributed by atoms with van der Waals surface area (Å²) in [5.74, 6) is 1.26. The van der Waals surface area contributed by atoms with Crippen molar-refractivity contribution in [3.8, 4) is 22.6 Å². The number of carbonyl (C=O) groups is 2. The molecule has 9 heteroatoms. The van der Waals surface area contributed by atoms with E-state index in [0.717, 1.165) is 90.1 Å². The Kier molecular flexibility index (Phi) is 8.47.